The smallest absolute Gasteiger partial charge is 0.122 e. The van der Waals surface area contributed by atoms with Gasteiger partial charge in [-0.15, -0.1) is 0 Å². The SMILES string of the molecule is CC1=C(C)NC(C)C(N)=N1. The molecule has 0 bridgehead atoms. The van der Waals surface area contributed by atoms with Crippen LogP contribution in [-0.2, 0) is 0 Å². The summed E-state index contributed by atoms with van der Waals surface area (Å²) >= 11 is 0. The molecule has 3 heteroatoms. The molecule has 1 atom stereocenters. The summed E-state index contributed by atoms with van der Waals surface area (Å²) in [5, 5.41) is 3.20. The molecule has 10 heavy (non-hydrogen) atoms. The van der Waals surface area contributed by atoms with Crippen molar-refractivity contribution in [2.45, 2.75) is 26.8 Å². The Hall–Kier alpha value is -0.990. The Morgan fingerprint density at radius 2 is 2.10 bits per heavy atom. The summed E-state index contributed by atoms with van der Waals surface area (Å²) in [6.07, 6.45) is 0. The molecule has 0 radical (unpaired) electrons. The highest BCUT2D eigenvalue weighted by molar-refractivity contribution is 5.87. The fourth-order valence-corrected chi connectivity index (χ4v) is 0.877. The Bertz CT molecular complexity index is 203. The van der Waals surface area contributed by atoms with Gasteiger partial charge in [0.1, 0.15) is 5.84 Å². The van der Waals surface area contributed by atoms with E-state index in [0.717, 1.165) is 11.4 Å². The van der Waals surface area contributed by atoms with Gasteiger partial charge in [0.2, 0.25) is 0 Å². The van der Waals surface area contributed by atoms with E-state index in [1.54, 1.807) is 0 Å². The van der Waals surface area contributed by atoms with Gasteiger partial charge in [0.15, 0.2) is 0 Å². The van der Waals surface area contributed by atoms with Gasteiger partial charge in [0.25, 0.3) is 0 Å². The number of aliphatic imine (C=N–C) groups is 1. The zero-order valence-corrected chi connectivity index (χ0v) is 6.60. The van der Waals surface area contributed by atoms with E-state index < -0.39 is 0 Å². The number of nitrogens with one attached hydrogen (secondary N) is 1. The normalized spacial score (nSPS) is 25.9. The Kier molecular flexibility index (Phi) is 1.66. The quantitative estimate of drug-likeness (QED) is 0.516. The average molecular weight is 139 g/mol. The van der Waals surface area contributed by atoms with Crippen LogP contribution in [0.2, 0.25) is 0 Å². The Balaban J connectivity index is 2.88. The molecule has 3 nitrogen and oxygen atoms in total. The molecule has 0 saturated carbocycles. The van der Waals surface area contributed by atoms with Crippen LogP contribution in [0.15, 0.2) is 16.4 Å². The third-order valence-corrected chi connectivity index (χ3v) is 1.72. The van der Waals surface area contributed by atoms with E-state index in [-0.39, 0.29) is 6.04 Å². The van der Waals surface area contributed by atoms with Crippen molar-refractivity contribution in [3.05, 3.63) is 11.4 Å². The third kappa shape index (κ3) is 1.12. The lowest BCUT2D eigenvalue weighted by Gasteiger charge is -2.20. The fraction of sp³-hybridized carbons (Fsp3) is 0.571. The predicted molar refractivity (Wildman–Crippen MR) is 42.6 cm³/mol. The summed E-state index contributed by atoms with van der Waals surface area (Å²) in [5.74, 6) is 0.670. The second-order valence-electron chi connectivity index (χ2n) is 2.61. The standard InChI is InChI=1S/C7H13N3/c1-4-5(2)10-7(8)6(3)9-4/h6,9H,1-3H3,(H2,8,10). The molecule has 1 aliphatic rings. The van der Waals surface area contributed by atoms with Crippen molar-refractivity contribution >= 4 is 5.84 Å². The number of allylic oxidation sites excluding steroid dienone is 2. The second-order valence-corrected chi connectivity index (χ2v) is 2.61. The van der Waals surface area contributed by atoms with Crippen LogP contribution in [0, 0.1) is 0 Å². The molecule has 0 saturated heterocycles. The molecule has 0 fully saturated rings. The predicted octanol–water partition coefficient (Wildman–Crippen LogP) is 0.587. The molecule has 0 aromatic heterocycles. The first-order valence-electron chi connectivity index (χ1n) is 3.39. The number of hydrogen-bond acceptors (Lipinski definition) is 3. The lowest BCUT2D eigenvalue weighted by Crippen LogP contribution is -2.40. The van der Waals surface area contributed by atoms with Gasteiger partial charge in [-0.1, -0.05) is 0 Å². The van der Waals surface area contributed by atoms with Crippen LogP contribution in [0.25, 0.3) is 0 Å². The number of hydrogen-bond donors (Lipinski definition) is 2. The van der Waals surface area contributed by atoms with Gasteiger partial charge in [0.05, 0.1) is 11.7 Å². The Morgan fingerprint density at radius 1 is 1.50 bits per heavy atom. The molecule has 3 N–H and O–H groups in total. The lowest BCUT2D eigenvalue weighted by molar-refractivity contribution is 0.722. The zero-order chi connectivity index (χ0) is 7.72. The van der Waals surface area contributed by atoms with Crippen LogP contribution in [0.4, 0.5) is 0 Å². The van der Waals surface area contributed by atoms with Gasteiger partial charge in [-0.25, -0.2) is 4.99 Å². The van der Waals surface area contributed by atoms with Crippen LogP contribution < -0.4 is 11.1 Å². The molecule has 1 heterocycles. The van der Waals surface area contributed by atoms with Gasteiger partial charge in [-0.2, -0.15) is 0 Å². The van der Waals surface area contributed by atoms with Crippen LogP contribution in [-0.4, -0.2) is 11.9 Å². The summed E-state index contributed by atoms with van der Waals surface area (Å²) in [4.78, 5) is 4.16. The second kappa shape index (κ2) is 2.33. The molecule has 0 spiro atoms. The van der Waals surface area contributed by atoms with E-state index in [1.807, 2.05) is 20.8 Å². The minimum absolute atomic E-state index is 0.184. The number of amidine groups is 1. The van der Waals surface area contributed by atoms with Gasteiger partial charge in [-0.05, 0) is 20.8 Å². The largest absolute Gasteiger partial charge is 0.385 e. The summed E-state index contributed by atoms with van der Waals surface area (Å²) < 4.78 is 0. The number of nitrogens with two attached hydrogens (primary N) is 1. The van der Waals surface area contributed by atoms with E-state index in [2.05, 4.69) is 10.3 Å². The minimum Gasteiger partial charge on any atom is -0.385 e. The van der Waals surface area contributed by atoms with E-state index >= 15 is 0 Å². The summed E-state index contributed by atoms with van der Waals surface area (Å²) in [6, 6.07) is 0.184. The highest BCUT2D eigenvalue weighted by atomic mass is 15.0. The maximum atomic E-state index is 5.58. The molecule has 1 unspecified atom stereocenters. The van der Waals surface area contributed by atoms with E-state index in [0.29, 0.717) is 5.84 Å². The Labute approximate surface area is 61.0 Å². The van der Waals surface area contributed by atoms with Crippen LogP contribution in [0.1, 0.15) is 20.8 Å². The lowest BCUT2D eigenvalue weighted by atomic mass is 10.2. The maximum Gasteiger partial charge on any atom is 0.122 e. The van der Waals surface area contributed by atoms with Gasteiger partial charge in [-0.3, -0.25) is 0 Å². The minimum atomic E-state index is 0.184. The van der Waals surface area contributed by atoms with Crippen molar-refractivity contribution in [1.82, 2.24) is 5.32 Å². The first-order chi connectivity index (χ1) is 4.61. The third-order valence-electron chi connectivity index (χ3n) is 1.72. The number of nitrogens with zero attached hydrogens (tertiary/aromatic N) is 1. The van der Waals surface area contributed by atoms with E-state index in [4.69, 9.17) is 5.73 Å². The molecule has 56 valence electrons. The molecule has 0 aliphatic carbocycles. The first-order valence-corrected chi connectivity index (χ1v) is 3.39. The monoisotopic (exact) mass is 139 g/mol. The van der Waals surface area contributed by atoms with Crippen LogP contribution in [0.5, 0.6) is 0 Å². The first kappa shape index (κ1) is 7.12. The molecule has 0 aromatic rings. The highest BCUT2D eigenvalue weighted by Gasteiger charge is 2.12. The van der Waals surface area contributed by atoms with E-state index in [1.165, 1.54) is 0 Å². The summed E-state index contributed by atoms with van der Waals surface area (Å²) in [5.41, 5.74) is 7.68. The molecule has 1 aliphatic heterocycles. The van der Waals surface area contributed by atoms with Gasteiger partial charge < -0.3 is 11.1 Å². The van der Waals surface area contributed by atoms with Crippen molar-refractivity contribution in [2.24, 2.45) is 10.7 Å². The Morgan fingerprint density at radius 3 is 2.60 bits per heavy atom. The molecule has 0 aromatic carbocycles. The number of rotatable bonds is 0. The average Bonchev–Trinajstić information content (AvgIpc) is 1.84. The fourth-order valence-electron chi connectivity index (χ4n) is 0.877. The van der Waals surface area contributed by atoms with Crippen molar-refractivity contribution in [3.63, 3.8) is 0 Å². The van der Waals surface area contributed by atoms with Gasteiger partial charge in [0, 0.05) is 5.70 Å². The summed E-state index contributed by atoms with van der Waals surface area (Å²) in [6.45, 7) is 5.94. The molecule has 0 amide bonds. The van der Waals surface area contributed by atoms with Crippen molar-refractivity contribution in [3.8, 4) is 0 Å². The summed E-state index contributed by atoms with van der Waals surface area (Å²) in [7, 11) is 0. The molecular formula is C7H13N3. The van der Waals surface area contributed by atoms with Crippen molar-refractivity contribution < 1.29 is 0 Å². The van der Waals surface area contributed by atoms with Gasteiger partial charge >= 0.3 is 0 Å². The van der Waals surface area contributed by atoms with Crippen LogP contribution in [0.3, 0.4) is 0 Å². The highest BCUT2D eigenvalue weighted by Crippen LogP contribution is 2.07. The van der Waals surface area contributed by atoms with Crippen LogP contribution >= 0.6 is 0 Å². The van der Waals surface area contributed by atoms with Crippen molar-refractivity contribution in [1.29, 1.82) is 0 Å². The molecule has 1 rings (SSSR count). The van der Waals surface area contributed by atoms with Crippen molar-refractivity contribution in [2.75, 3.05) is 0 Å². The molecular weight excluding hydrogens is 126 g/mol. The van der Waals surface area contributed by atoms with E-state index in [9.17, 15) is 0 Å². The zero-order valence-electron chi connectivity index (χ0n) is 6.60. The topological polar surface area (TPSA) is 50.4 Å². The maximum absolute atomic E-state index is 5.58.